The average Bonchev–Trinajstić information content (AvgIpc) is 2.81. The van der Waals surface area contributed by atoms with Crippen molar-refractivity contribution in [3.05, 3.63) is 76.4 Å². The van der Waals surface area contributed by atoms with Crippen LogP contribution in [0.2, 0.25) is 5.02 Å². The van der Waals surface area contributed by atoms with Crippen molar-refractivity contribution in [3.63, 3.8) is 0 Å². The third kappa shape index (κ3) is 5.32. The zero-order chi connectivity index (χ0) is 23.6. The first kappa shape index (κ1) is 23.6. The van der Waals surface area contributed by atoms with Gasteiger partial charge in [-0.25, -0.2) is 0 Å². The third-order valence-corrected chi connectivity index (χ3v) is 7.00. The van der Waals surface area contributed by atoms with E-state index < -0.39 is 11.7 Å². The lowest BCUT2D eigenvalue weighted by Crippen LogP contribution is -2.41. The minimum Gasteiger partial charge on any atom is -0.349 e. The van der Waals surface area contributed by atoms with Crippen molar-refractivity contribution in [3.8, 4) is 0 Å². The lowest BCUT2D eigenvalue weighted by Gasteiger charge is -2.34. The number of fused-ring (bicyclic) bond motifs is 1. The van der Waals surface area contributed by atoms with Gasteiger partial charge in [-0.1, -0.05) is 18.5 Å². The summed E-state index contributed by atoms with van der Waals surface area (Å²) in [5.74, 6) is 0.404. The minimum absolute atomic E-state index is 0.0557. The van der Waals surface area contributed by atoms with Crippen LogP contribution in [0.5, 0.6) is 0 Å². The Bertz CT molecular complexity index is 1120. The molecule has 1 N–H and O–H groups in total. The predicted molar refractivity (Wildman–Crippen MR) is 124 cm³/mol. The summed E-state index contributed by atoms with van der Waals surface area (Å²) in [7, 11) is 0. The summed E-state index contributed by atoms with van der Waals surface area (Å²) in [6.07, 6.45) is 1.68. The van der Waals surface area contributed by atoms with Gasteiger partial charge < -0.3 is 5.32 Å². The van der Waals surface area contributed by atoms with Crippen LogP contribution in [-0.4, -0.2) is 16.9 Å². The number of hydrogen-bond acceptors (Lipinski definition) is 2. The zero-order valence-corrected chi connectivity index (χ0v) is 19.1. The highest BCUT2D eigenvalue weighted by molar-refractivity contribution is 6.30. The van der Waals surface area contributed by atoms with E-state index in [1.807, 2.05) is 6.07 Å². The van der Waals surface area contributed by atoms with Gasteiger partial charge in [0.1, 0.15) is 0 Å². The van der Waals surface area contributed by atoms with E-state index in [4.69, 9.17) is 11.6 Å². The van der Waals surface area contributed by atoms with Gasteiger partial charge in [0, 0.05) is 28.2 Å². The Kier molecular flexibility index (Phi) is 6.94. The van der Waals surface area contributed by atoms with Gasteiger partial charge in [0.25, 0.3) is 5.91 Å². The largest absolute Gasteiger partial charge is 0.416 e. The van der Waals surface area contributed by atoms with Crippen molar-refractivity contribution < 1.29 is 18.0 Å². The molecule has 1 saturated carbocycles. The van der Waals surface area contributed by atoms with Gasteiger partial charge in [-0.05, 0) is 98.0 Å². The van der Waals surface area contributed by atoms with Crippen molar-refractivity contribution >= 4 is 28.4 Å². The highest BCUT2D eigenvalue weighted by Crippen LogP contribution is 2.41. The van der Waals surface area contributed by atoms with Gasteiger partial charge in [0.2, 0.25) is 0 Å². The van der Waals surface area contributed by atoms with E-state index >= 15 is 0 Å². The monoisotopic (exact) mass is 474 g/mol. The van der Waals surface area contributed by atoms with Gasteiger partial charge in [0.15, 0.2) is 0 Å². The van der Waals surface area contributed by atoms with E-state index in [-0.39, 0.29) is 17.9 Å². The Labute approximate surface area is 196 Å². The van der Waals surface area contributed by atoms with E-state index in [0.29, 0.717) is 27.4 Å². The molecule has 0 saturated heterocycles. The van der Waals surface area contributed by atoms with Crippen LogP contribution in [0.1, 0.15) is 66.4 Å². The first-order chi connectivity index (χ1) is 15.8. The minimum atomic E-state index is -4.38. The summed E-state index contributed by atoms with van der Waals surface area (Å²) in [4.78, 5) is 16.9. The SMILES string of the molecule is CCC(NC(=O)c1ccc(Cl)cc1)[C@H]1CC[C@@H](c2ccnc3ccc(C(F)(F)F)cc32)CC1. The molecule has 174 valence electrons. The number of carbonyl (C=O) groups is 1. The molecule has 7 heteroatoms. The van der Waals surface area contributed by atoms with Gasteiger partial charge in [-0.2, -0.15) is 13.2 Å². The molecule has 3 aromatic rings. The second-order valence-electron chi connectivity index (χ2n) is 8.74. The molecule has 33 heavy (non-hydrogen) atoms. The summed E-state index contributed by atoms with van der Waals surface area (Å²) in [6, 6.07) is 12.5. The zero-order valence-electron chi connectivity index (χ0n) is 18.3. The number of aromatic nitrogens is 1. The van der Waals surface area contributed by atoms with E-state index in [0.717, 1.165) is 43.7 Å². The number of benzene rings is 2. The fourth-order valence-electron chi connectivity index (χ4n) is 4.94. The normalized spacial score (nSPS) is 19.9. The van der Waals surface area contributed by atoms with E-state index in [2.05, 4.69) is 17.2 Å². The highest BCUT2D eigenvalue weighted by atomic mass is 35.5. The number of halogens is 4. The summed E-state index contributed by atoms with van der Waals surface area (Å²) in [5.41, 5.74) is 1.45. The third-order valence-electron chi connectivity index (χ3n) is 6.75. The van der Waals surface area contributed by atoms with Crippen LogP contribution < -0.4 is 5.32 Å². The van der Waals surface area contributed by atoms with Gasteiger partial charge >= 0.3 is 6.18 Å². The number of carbonyl (C=O) groups excluding carboxylic acids is 1. The molecule has 0 aliphatic heterocycles. The molecule has 1 amide bonds. The summed E-state index contributed by atoms with van der Waals surface area (Å²) >= 11 is 5.91. The molecule has 0 bridgehead atoms. The Hall–Kier alpha value is -2.60. The van der Waals surface area contributed by atoms with Gasteiger partial charge in [-0.15, -0.1) is 0 Å². The molecule has 3 nitrogen and oxygen atoms in total. The van der Waals surface area contributed by atoms with E-state index in [9.17, 15) is 18.0 Å². The topological polar surface area (TPSA) is 42.0 Å². The maximum Gasteiger partial charge on any atom is 0.416 e. The summed E-state index contributed by atoms with van der Waals surface area (Å²) < 4.78 is 39.8. The summed E-state index contributed by atoms with van der Waals surface area (Å²) in [5, 5.41) is 4.33. The highest BCUT2D eigenvalue weighted by Gasteiger charge is 2.32. The van der Waals surface area contributed by atoms with E-state index in [1.54, 1.807) is 30.5 Å². The van der Waals surface area contributed by atoms with Gasteiger partial charge in [-0.3, -0.25) is 9.78 Å². The number of alkyl halides is 3. The van der Waals surface area contributed by atoms with Crippen LogP contribution in [0.15, 0.2) is 54.7 Å². The Morgan fingerprint density at radius 2 is 1.79 bits per heavy atom. The van der Waals surface area contributed by atoms with Crippen molar-refractivity contribution in [1.82, 2.24) is 10.3 Å². The van der Waals surface area contributed by atoms with Crippen LogP contribution in [0.4, 0.5) is 13.2 Å². The van der Waals surface area contributed by atoms with Crippen LogP contribution >= 0.6 is 11.6 Å². The van der Waals surface area contributed by atoms with Crippen molar-refractivity contribution in [1.29, 1.82) is 0 Å². The van der Waals surface area contributed by atoms with E-state index in [1.165, 1.54) is 12.1 Å². The second-order valence-corrected chi connectivity index (χ2v) is 9.17. The number of pyridine rings is 1. The first-order valence-electron chi connectivity index (χ1n) is 11.3. The predicted octanol–water partition coefficient (Wildman–Crippen LogP) is 7.39. The van der Waals surface area contributed by atoms with Crippen LogP contribution in [0.25, 0.3) is 10.9 Å². The first-order valence-corrected chi connectivity index (χ1v) is 11.7. The fourth-order valence-corrected chi connectivity index (χ4v) is 5.06. The molecule has 0 radical (unpaired) electrons. The van der Waals surface area contributed by atoms with Crippen LogP contribution in [0, 0.1) is 5.92 Å². The molecule has 1 aliphatic rings. The average molecular weight is 475 g/mol. The maximum atomic E-state index is 13.3. The number of hydrogen-bond donors (Lipinski definition) is 1. The van der Waals surface area contributed by atoms with Crippen LogP contribution in [0.3, 0.4) is 0 Å². The standard InChI is InChI=1S/C26H26ClF3N2O/c1-2-23(32-25(33)18-7-10-20(27)11-8-18)17-5-3-16(4-6-17)21-13-14-31-24-12-9-19(15-22(21)24)26(28,29)30/h7-17,23H,2-6H2,1H3,(H,32,33)/t16-,17+,23?. The number of nitrogens with one attached hydrogen (secondary N) is 1. The molecule has 2 aromatic carbocycles. The molecule has 0 spiro atoms. The molecular formula is C26H26ClF3N2O. The lowest BCUT2D eigenvalue weighted by atomic mass is 9.75. The molecule has 1 aliphatic carbocycles. The fraction of sp³-hybridized carbons (Fsp3) is 0.385. The molecule has 1 aromatic heterocycles. The molecule has 1 atom stereocenters. The van der Waals surface area contributed by atoms with Crippen molar-refractivity contribution in [2.75, 3.05) is 0 Å². The van der Waals surface area contributed by atoms with Gasteiger partial charge in [0.05, 0.1) is 11.1 Å². The Morgan fingerprint density at radius 3 is 2.42 bits per heavy atom. The van der Waals surface area contributed by atoms with Crippen molar-refractivity contribution in [2.24, 2.45) is 5.92 Å². The summed E-state index contributed by atoms with van der Waals surface area (Å²) in [6.45, 7) is 2.06. The molecule has 4 rings (SSSR count). The molecular weight excluding hydrogens is 449 g/mol. The molecule has 1 heterocycles. The second kappa shape index (κ2) is 9.72. The lowest BCUT2D eigenvalue weighted by molar-refractivity contribution is -0.137. The smallest absolute Gasteiger partial charge is 0.349 e. The maximum absolute atomic E-state index is 13.3. The molecule has 1 unspecified atom stereocenters. The molecule has 1 fully saturated rings. The Morgan fingerprint density at radius 1 is 1.09 bits per heavy atom. The van der Waals surface area contributed by atoms with Crippen molar-refractivity contribution in [2.45, 2.75) is 57.2 Å². The Balaban J connectivity index is 1.46. The number of rotatable bonds is 5. The van der Waals surface area contributed by atoms with Crippen LogP contribution in [-0.2, 0) is 6.18 Å². The number of amides is 1. The quantitative estimate of drug-likeness (QED) is 0.419. The number of nitrogens with zero attached hydrogens (tertiary/aromatic N) is 1.